The van der Waals surface area contributed by atoms with Gasteiger partial charge in [-0.1, -0.05) is 13.3 Å². The van der Waals surface area contributed by atoms with E-state index in [-0.39, 0.29) is 0 Å². The molecule has 0 aliphatic carbocycles. The summed E-state index contributed by atoms with van der Waals surface area (Å²) in [6.07, 6.45) is 3.63. The van der Waals surface area contributed by atoms with E-state index in [9.17, 15) is 0 Å². The maximum Gasteiger partial charge on any atom is 0.135 e. The van der Waals surface area contributed by atoms with Crippen molar-refractivity contribution in [3.05, 3.63) is 28.0 Å². The Morgan fingerprint density at radius 2 is 1.90 bits per heavy atom. The molecule has 0 bridgehead atoms. The number of anilines is 2. The Morgan fingerprint density at radius 1 is 1.15 bits per heavy atom. The summed E-state index contributed by atoms with van der Waals surface area (Å²) in [5, 5.41) is 9.85. The minimum atomic E-state index is 0.698. The van der Waals surface area contributed by atoms with Crippen LogP contribution in [0.4, 0.5) is 11.6 Å². The van der Waals surface area contributed by atoms with Crippen LogP contribution in [0.25, 0.3) is 0 Å². The van der Waals surface area contributed by atoms with E-state index in [1.165, 1.54) is 0 Å². The standard InChI is InChI=1S/C14H21N5S/c1-4-6-12-13(15-5-2)17-9-18-14(12)16-7-11-8-20-10(3)19-11/h8-9H,4-7H2,1-3H3,(H2,15,16,17,18). The average Bonchev–Trinajstić information content (AvgIpc) is 2.85. The van der Waals surface area contributed by atoms with Crippen molar-refractivity contribution < 1.29 is 0 Å². The molecule has 20 heavy (non-hydrogen) atoms. The van der Waals surface area contributed by atoms with Gasteiger partial charge in [0.2, 0.25) is 0 Å². The van der Waals surface area contributed by atoms with Crippen molar-refractivity contribution in [2.24, 2.45) is 0 Å². The third-order valence-electron chi connectivity index (χ3n) is 2.89. The van der Waals surface area contributed by atoms with Crippen LogP contribution in [0.3, 0.4) is 0 Å². The lowest BCUT2D eigenvalue weighted by molar-refractivity contribution is 0.893. The molecule has 0 aliphatic rings. The van der Waals surface area contributed by atoms with Gasteiger partial charge in [-0.2, -0.15) is 0 Å². The van der Waals surface area contributed by atoms with Crippen molar-refractivity contribution in [1.82, 2.24) is 15.0 Å². The average molecular weight is 291 g/mol. The van der Waals surface area contributed by atoms with Crippen LogP contribution in [0.1, 0.15) is 36.5 Å². The second-order valence-electron chi connectivity index (χ2n) is 4.54. The molecule has 0 aliphatic heterocycles. The fourth-order valence-electron chi connectivity index (χ4n) is 2.03. The zero-order valence-corrected chi connectivity index (χ0v) is 13.0. The van der Waals surface area contributed by atoms with Crippen molar-refractivity contribution in [3.63, 3.8) is 0 Å². The summed E-state index contributed by atoms with van der Waals surface area (Å²) in [4.78, 5) is 13.2. The van der Waals surface area contributed by atoms with Crippen LogP contribution in [0.5, 0.6) is 0 Å². The smallest absolute Gasteiger partial charge is 0.135 e. The molecule has 2 aromatic heterocycles. The van der Waals surface area contributed by atoms with Crippen LogP contribution in [0.2, 0.25) is 0 Å². The fraction of sp³-hybridized carbons (Fsp3) is 0.500. The van der Waals surface area contributed by atoms with Gasteiger partial charge in [-0.3, -0.25) is 0 Å². The van der Waals surface area contributed by atoms with E-state index >= 15 is 0 Å². The monoisotopic (exact) mass is 291 g/mol. The molecule has 0 spiro atoms. The summed E-state index contributed by atoms with van der Waals surface area (Å²) in [5.41, 5.74) is 2.21. The van der Waals surface area contributed by atoms with Gasteiger partial charge in [0.1, 0.15) is 18.0 Å². The molecule has 0 atom stereocenters. The Labute approximate surface area is 123 Å². The largest absolute Gasteiger partial charge is 0.370 e. The summed E-state index contributed by atoms with van der Waals surface area (Å²) < 4.78 is 0. The molecule has 0 saturated carbocycles. The predicted octanol–water partition coefficient (Wildman–Crippen LogP) is 3.24. The lowest BCUT2D eigenvalue weighted by Crippen LogP contribution is -2.10. The summed E-state index contributed by atoms with van der Waals surface area (Å²) in [6.45, 7) is 7.81. The molecule has 0 aromatic carbocycles. The number of hydrogen-bond donors (Lipinski definition) is 2. The summed E-state index contributed by atoms with van der Waals surface area (Å²) in [6, 6.07) is 0. The lowest BCUT2D eigenvalue weighted by atomic mass is 10.1. The number of nitrogens with one attached hydrogen (secondary N) is 2. The SMILES string of the molecule is CCCc1c(NCC)ncnc1NCc1csc(C)n1. The second-order valence-corrected chi connectivity index (χ2v) is 5.60. The Hall–Kier alpha value is -1.69. The molecular formula is C14H21N5S. The van der Waals surface area contributed by atoms with E-state index in [1.54, 1.807) is 17.7 Å². The van der Waals surface area contributed by atoms with Crippen molar-refractivity contribution in [3.8, 4) is 0 Å². The van der Waals surface area contributed by atoms with Crippen molar-refractivity contribution in [2.45, 2.75) is 40.2 Å². The molecule has 108 valence electrons. The molecule has 0 radical (unpaired) electrons. The third kappa shape index (κ3) is 3.66. The minimum Gasteiger partial charge on any atom is -0.370 e. The zero-order valence-electron chi connectivity index (χ0n) is 12.2. The third-order valence-corrected chi connectivity index (χ3v) is 3.72. The Balaban J connectivity index is 2.14. The van der Waals surface area contributed by atoms with Crippen LogP contribution in [0, 0.1) is 6.92 Å². The maximum atomic E-state index is 4.46. The first-order chi connectivity index (χ1) is 9.74. The normalized spacial score (nSPS) is 10.6. The summed E-state index contributed by atoms with van der Waals surface area (Å²) in [5.74, 6) is 1.84. The van der Waals surface area contributed by atoms with Crippen LogP contribution in [-0.4, -0.2) is 21.5 Å². The number of rotatable bonds is 7. The van der Waals surface area contributed by atoms with Crippen LogP contribution in [0.15, 0.2) is 11.7 Å². The maximum absolute atomic E-state index is 4.46. The van der Waals surface area contributed by atoms with Crippen LogP contribution in [-0.2, 0) is 13.0 Å². The van der Waals surface area contributed by atoms with Gasteiger partial charge in [-0.15, -0.1) is 11.3 Å². The number of thiazole rings is 1. The number of nitrogens with zero attached hydrogens (tertiary/aromatic N) is 3. The molecule has 2 heterocycles. The van der Waals surface area contributed by atoms with Gasteiger partial charge in [0.25, 0.3) is 0 Å². The van der Waals surface area contributed by atoms with E-state index in [0.717, 1.165) is 47.3 Å². The van der Waals surface area contributed by atoms with Crippen molar-refractivity contribution in [1.29, 1.82) is 0 Å². The number of aromatic nitrogens is 3. The molecule has 0 saturated heterocycles. The fourth-order valence-corrected chi connectivity index (χ4v) is 2.65. The Bertz CT molecular complexity index is 552. The van der Waals surface area contributed by atoms with Gasteiger partial charge >= 0.3 is 0 Å². The first kappa shape index (κ1) is 14.7. The first-order valence-electron chi connectivity index (χ1n) is 6.97. The van der Waals surface area contributed by atoms with E-state index in [1.807, 2.05) is 6.92 Å². The van der Waals surface area contributed by atoms with E-state index in [0.29, 0.717) is 6.54 Å². The van der Waals surface area contributed by atoms with Crippen molar-refractivity contribution in [2.75, 3.05) is 17.2 Å². The molecule has 6 heteroatoms. The molecule has 2 aromatic rings. The number of hydrogen-bond acceptors (Lipinski definition) is 6. The summed E-state index contributed by atoms with van der Waals surface area (Å²) in [7, 11) is 0. The van der Waals surface area contributed by atoms with Gasteiger partial charge in [0.15, 0.2) is 0 Å². The van der Waals surface area contributed by atoms with Gasteiger partial charge in [0.05, 0.1) is 17.2 Å². The Morgan fingerprint density at radius 3 is 2.50 bits per heavy atom. The highest BCUT2D eigenvalue weighted by atomic mass is 32.1. The van der Waals surface area contributed by atoms with Gasteiger partial charge < -0.3 is 10.6 Å². The molecular weight excluding hydrogens is 270 g/mol. The van der Waals surface area contributed by atoms with E-state index < -0.39 is 0 Å². The highest BCUT2D eigenvalue weighted by Crippen LogP contribution is 2.22. The molecule has 0 amide bonds. The van der Waals surface area contributed by atoms with E-state index in [2.05, 4.69) is 44.8 Å². The van der Waals surface area contributed by atoms with Crippen LogP contribution >= 0.6 is 11.3 Å². The highest BCUT2D eigenvalue weighted by Gasteiger charge is 2.10. The highest BCUT2D eigenvalue weighted by molar-refractivity contribution is 7.09. The molecule has 2 rings (SSSR count). The summed E-state index contributed by atoms with van der Waals surface area (Å²) >= 11 is 1.67. The second kappa shape index (κ2) is 7.19. The molecule has 0 fully saturated rings. The lowest BCUT2D eigenvalue weighted by Gasteiger charge is -2.13. The van der Waals surface area contributed by atoms with Gasteiger partial charge in [0, 0.05) is 17.5 Å². The molecule has 2 N–H and O–H groups in total. The molecule has 5 nitrogen and oxygen atoms in total. The van der Waals surface area contributed by atoms with Gasteiger partial charge in [-0.05, 0) is 20.3 Å². The minimum absolute atomic E-state index is 0.698. The predicted molar refractivity (Wildman–Crippen MR) is 84.4 cm³/mol. The van der Waals surface area contributed by atoms with Gasteiger partial charge in [-0.25, -0.2) is 15.0 Å². The van der Waals surface area contributed by atoms with E-state index in [4.69, 9.17) is 0 Å². The van der Waals surface area contributed by atoms with Crippen molar-refractivity contribution >= 4 is 23.0 Å². The number of aryl methyl sites for hydroxylation is 1. The molecule has 0 unspecified atom stereocenters. The quantitative estimate of drug-likeness (QED) is 0.820. The Kier molecular flexibility index (Phi) is 5.29. The van der Waals surface area contributed by atoms with Crippen LogP contribution < -0.4 is 10.6 Å². The zero-order chi connectivity index (χ0) is 14.4. The first-order valence-corrected chi connectivity index (χ1v) is 7.85. The topological polar surface area (TPSA) is 62.7 Å².